The van der Waals surface area contributed by atoms with E-state index in [1.165, 1.54) is 60.8 Å². The molecule has 0 amide bonds. The summed E-state index contributed by atoms with van der Waals surface area (Å²) in [6, 6.07) is 59.0. The first kappa shape index (κ1) is 34.4. The van der Waals surface area contributed by atoms with Gasteiger partial charge in [-0.15, -0.1) is 0 Å². The molecule has 4 aliphatic carbocycles. The molecule has 4 atom stereocenters. The molecule has 4 heteroatoms. The molecule has 0 aromatic heterocycles. The maximum atomic E-state index is 3.69. The van der Waals surface area contributed by atoms with Crippen LogP contribution in [0.25, 0.3) is 22.3 Å². The van der Waals surface area contributed by atoms with Crippen molar-refractivity contribution in [1.29, 1.82) is 0 Å². The molecule has 7 aromatic rings. The predicted molar refractivity (Wildman–Crippen MR) is 241 cm³/mol. The van der Waals surface area contributed by atoms with Gasteiger partial charge < -0.3 is 9.80 Å². The van der Waals surface area contributed by atoms with Gasteiger partial charge in [0.05, 0.1) is 0 Å². The summed E-state index contributed by atoms with van der Waals surface area (Å²) < 4.78 is 2.13. The molecule has 0 saturated heterocycles. The Kier molecular flexibility index (Phi) is 8.55. The molecule has 0 N–H and O–H groups in total. The van der Waals surface area contributed by atoms with E-state index in [1.807, 2.05) is 0 Å². The highest BCUT2D eigenvalue weighted by molar-refractivity contribution is 9.10. The fraction of sp³-hybridized carbons (Fsp3) is 0.192. The fourth-order valence-electron chi connectivity index (χ4n) is 10.5. The van der Waals surface area contributed by atoms with E-state index < -0.39 is 0 Å². The van der Waals surface area contributed by atoms with Gasteiger partial charge in [-0.25, -0.2) is 0 Å². The van der Waals surface area contributed by atoms with Crippen molar-refractivity contribution in [2.75, 3.05) is 9.80 Å². The third kappa shape index (κ3) is 6.04. The van der Waals surface area contributed by atoms with Gasteiger partial charge in [0, 0.05) is 43.1 Å². The smallest absolute Gasteiger partial charge is 0.0482 e. The van der Waals surface area contributed by atoms with Crippen LogP contribution in [0.4, 0.5) is 34.1 Å². The lowest BCUT2D eigenvalue weighted by atomic mass is 9.89. The standard InChI is InChI=1S/C52H42Br2N2/c53-41-16-20-43(21-17-41)55(45-6-1-4-33(28-45)35-14-24-49-37-10-12-39(26-37)51(49)30-35)47-8-3-9-48(32-47)56(44-22-18-42(54)19-23-44)46-7-2-5-34(29-46)36-15-25-50-38-11-13-40(27-38)52(50)31-36/h1-9,14-25,28-32,37-40H,10-13,26-27H2. The first-order valence-corrected chi connectivity index (χ1v) is 21.8. The summed E-state index contributed by atoms with van der Waals surface area (Å²) in [5, 5.41) is 0. The monoisotopic (exact) mass is 852 g/mol. The number of nitrogens with zero attached hydrogens (tertiary/aromatic N) is 2. The van der Waals surface area contributed by atoms with Crippen molar-refractivity contribution >= 4 is 66.0 Å². The third-order valence-corrected chi connectivity index (χ3v) is 14.2. The maximum absolute atomic E-state index is 3.69. The largest absolute Gasteiger partial charge is 0.310 e. The average molecular weight is 855 g/mol. The summed E-state index contributed by atoms with van der Waals surface area (Å²) in [6.07, 6.45) is 8.06. The Labute approximate surface area is 347 Å². The van der Waals surface area contributed by atoms with Crippen molar-refractivity contribution in [1.82, 2.24) is 0 Å². The van der Waals surface area contributed by atoms with Crippen LogP contribution in [-0.2, 0) is 0 Å². The molecule has 2 fully saturated rings. The molecule has 2 saturated carbocycles. The fourth-order valence-corrected chi connectivity index (χ4v) is 11.1. The summed E-state index contributed by atoms with van der Waals surface area (Å²) in [5.41, 5.74) is 18.1. The Morgan fingerprint density at radius 3 is 1.11 bits per heavy atom. The van der Waals surface area contributed by atoms with E-state index in [1.54, 1.807) is 22.3 Å². The van der Waals surface area contributed by atoms with E-state index in [2.05, 4.69) is 199 Å². The van der Waals surface area contributed by atoms with Crippen molar-refractivity contribution in [3.63, 3.8) is 0 Å². The van der Waals surface area contributed by atoms with Gasteiger partial charge in [0.15, 0.2) is 0 Å². The molecule has 4 unspecified atom stereocenters. The van der Waals surface area contributed by atoms with E-state index in [0.717, 1.165) is 66.7 Å². The first-order valence-electron chi connectivity index (χ1n) is 20.2. The molecule has 0 aliphatic heterocycles. The highest BCUT2D eigenvalue weighted by Crippen LogP contribution is 2.55. The minimum Gasteiger partial charge on any atom is -0.310 e. The van der Waals surface area contributed by atoms with E-state index in [-0.39, 0.29) is 0 Å². The Morgan fingerprint density at radius 1 is 0.321 bits per heavy atom. The van der Waals surface area contributed by atoms with E-state index >= 15 is 0 Å². The van der Waals surface area contributed by atoms with Crippen molar-refractivity contribution in [2.45, 2.75) is 62.2 Å². The van der Waals surface area contributed by atoms with Gasteiger partial charge in [0.2, 0.25) is 0 Å². The number of hydrogen-bond donors (Lipinski definition) is 0. The second-order valence-corrected chi connectivity index (χ2v) is 18.2. The molecule has 7 aromatic carbocycles. The minimum absolute atomic E-state index is 0.734. The third-order valence-electron chi connectivity index (χ3n) is 13.2. The van der Waals surface area contributed by atoms with Gasteiger partial charge in [-0.05, 0) is 198 Å². The van der Waals surface area contributed by atoms with Crippen LogP contribution < -0.4 is 9.80 Å². The topological polar surface area (TPSA) is 6.48 Å². The van der Waals surface area contributed by atoms with E-state index in [4.69, 9.17) is 0 Å². The SMILES string of the molecule is Brc1ccc(N(c2cccc(-c3ccc4c(c3)C3CCC4C3)c2)c2cccc(N(c3ccc(Br)cc3)c3cccc(-c4ccc5c(c4)C4CCC5C4)c3)c2)cc1. The van der Waals surface area contributed by atoms with E-state index in [9.17, 15) is 0 Å². The quantitative estimate of drug-likeness (QED) is 0.150. The van der Waals surface area contributed by atoms with Gasteiger partial charge in [0.1, 0.15) is 0 Å². The number of anilines is 6. The Morgan fingerprint density at radius 2 is 0.679 bits per heavy atom. The molecule has 0 heterocycles. The van der Waals surface area contributed by atoms with Crippen LogP contribution in [0, 0.1) is 0 Å². The van der Waals surface area contributed by atoms with Crippen LogP contribution >= 0.6 is 31.9 Å². The predicted octanol–water partition coefficient (Wildman–Crippen LogP) is 16.2. The molecule has 0 spiro atoms. The summed E-state index contributed by atoms with van der Waals surface area (Å²) in [4.78, 5) is 4.78. The minimum atomic E-state index is 0.734. The molecule has 4 bridgehead atoms. The molecule has 2 nitrogen and oxygen atoms in total. The van der Waals surface area contributed by atoms with Gasteiger partial charge in [-0.3, -0.25) is 0 Å². The Bertz CT molecular complexity index is 2430. The van der Waals surface area contributed by atoms with Gasteiger partial charge >= 0.3 is 0 Å². The highest BCUT2D eigenvalue weighted by Gasteiger charge is 2.37. The number of halogens is 2. The number of rotatable bonds is 8. The van der Waals surface area contributed by atoms with Crippen LogP contribution in [0.5, 0.6) is 0 Å². The second kappa shape index (κ2) is 13.9. The van der Waals surface area contributed by atoms with Crippen LogP contribution in [0.15, 0.2) is 167 Å². The second-order valence-electron chi connectivity index (χ2n) is 16.3. The van der Waals surface area contributed by atoms with Crippen molar-refractivity contribution in [3.05, 3.63) is 189 Å². The number of benzene rings is 7. The lowest BCUT2D eigenvalue weighted by molar-refractivity contribution is 0.718. The molecule has 0 radical (unpaired) electrons. The van der Waals surface area contributed by atoms with Crippen molar-refractivity contribution < 1.29 is 0 Å². The highest BCUT2D eigenvalue weighted by atomic mass is 79.9. The lowest BCUT2D eigenvalue weighted by Crippen LogP contribution is -2.13. The molecule has 11 rings (SSSR count). The average Bonchev–Trinajstić information content (AvgIpc) is 4.06. The summed E-state index contributed by atoms with van der Waals surface area (Å²) in [5.74, 6) is 3.00. The van der Waals surface area contributed by atoms with Crippen LogP contribution in [0.3, 0.4) is 0 Å². The van der Waals surface area contributed by atoms with Crippen LogP contribution in [0.1, 0.15) is 84.5 Å². The van der Waals surface area contributed by atoms with E-state index in [0.29, 0.717) is 0 Å². The van der Waals surface area contributed by atoms with Gasteiger partial charge in [-0.2, -0.15) is 0 Å². The summed E-state index contributed by atoms with van der Waals surface area (Å²) in [6.45, 7) is 0. The summed E-state index contributed by atoms with van der Waals surface area (Å²) >= 11 is 7.38. The van der Waals surface area contributed by atoms with Crippen molar-refractivity contribution in [2.24, 2.45) is 0 Å². The first-order chi connectivity index (χ1) is 27.5. The lowest BCUT2D eigenvalue weighted by Gasteiger charge is -2.30. The van der Waals surface area contributed by atoms with Crippen LogP contribution in [0.2, 0.25) is 0 Å². The molecule has 274 valence electrons. The number of hydrogen-bond acceptors (Lipinski definition) is 2. The Balaban J connectivity index is 1.00. The zero-order valence-corrected chi connectivity index (χ0v) is 34.4. The zero-order chi connectivity index (χ0) is 37.3. The molecule has 56 heavy (non-hydrogen) atoms. The molecule has 4 aliphatic rings. The van der Waals surface area contributed by atoms with Crippen molar-refractivity contribution in [3.8, 4) is 22.3 Å². The number of fused-ring (bicyclic) bond motifs is 10. The van der Waals surface area contributed by atoms with Gasteiger partial charge in [-0.1, -0.05) is 98.6 Å². The van der Waals surface area contributed by atoms with Gasteiger partial charge in [0.25, 0.3) is 0 Å². The normalized spacial score (nSPS) is 19.9. The summed E-state index contributed by atoms with van der Waals surface area (Å²) in [7, 11) is 0. The molecular weight excluding hydrogens is 812 g/mol. The molecular formula is C52H42Br2N2. The zero-order valence-electron chi connectivity index (χ0n) is 31.2. The van der Waals surface area contributed by atoms with Crippen LogP contribution in [-0.4, -0.2) is 0 Å². The maximum Gasteiger partial charge on any atom is 0.0482 e. The Hall–Kier alpha value is -4.90.